The smallest absolute Gasteiger partial charge is 0.0127 e. The van der Waals surface area contributed by atoms with Crippen molar-refractivity contribution in [3.8, 4) is 0 Å². The minimum atomic E-state index is 1.10. The van der Waals surface area contributed by atoms with Gasteiger partial charge in [-0.25, -0.2) is 0 Å². The predicted molar refractivity (Wildman–Crippen MR) is 88.4 cm³/mol. The molecule has 20 heavy (non-hydrogen) atoms. The largest absolute Gasteiger partial charge is 0.309 e. The molecule has 0 aliphatic heterocycles. The Morgan fingerprint density at radius 3 is 2.80 bits per heavy atom. The number of benzene rings is 1. The summed E-state index contributed by atoms with van der Waals surface area (Å²) in [6.07, 6.45) is 5.87. The van der Waals surface area contributed by atoms with Crippen molar-refractivity contribution < 1.29 is 0 Å². The van der Waals surface area contributed by atoms with Crippen LogP contribution in [-0.4, -0.2) is 25.5 Å². The van der Waals surface area contributed by atoms with E-state index in [0.29, 0.717) is 0 Å². The summed E-state index contributed by atoms with van der Waals surface area (Å²) in [6.45, 7) is 1.10. The van der Waals surface area contributed by atoms with Crippen molar-refractivity contribution in [2.45, 2.75) is 19.3 Å². The predicted octanol–water partition coefficient (Wildman–Crippen LogP) is 4.23. The van der Waals surface area contributed by atoms with E-state index in [9.17, 15) is 0 Å². The second-order valence-corrected chi connectivity index (χ2v) is 6.63. The van der Waals surface area contributed by atoms with Crippen LogP contribution in [-0.2, 0) is 12.8 Å². The molecular weight excluding hydrogens is 262 g/mol. The van der Waals surface area contributed by atoms with Gasteiger partial charge in [-0.05, 0) is 67.1 Å². The Morgan fingerprint density at radius 1 is 1.10 bits per heavy atom. The molecule has 3 rings (SSSR count). The minimum Gasteiger partial charge on any atom is -0.309 e. The minimum absolute atomic E-state index is 1.10. The van der Waals surface area contributed by atoms with Crippen molar-refractivity contribution in [2.75, 3.05) is 20.6 Å². The fourth-order valence-corrected chi connectivity index (χ4v) is 3.75. The highest BCUT2D eigenvalue weighted by Crippen LogP contribution is 2.36. The van der Waals surface area contributed by atoms with Gasteiger partial charge in [-0.2, -0.15) is 0 Å². The molecule has 1 aromatic carbocycles. The lowest BCUT2D eigenvalue weighted by Crippen LogP contribution is -2.12. The molecule has 0 spiro atoms. The summed E-state index contributed by atoms with van der Waals surface area (Å²) >= 11 is 1.90. The van der Waals surface area contributed by atoms with Gasteiger partial charge in [0.15, 0.2) is 0 Å². The first-order valence-corrected chi connectivity index (χ1v) is 8.13. The molecule has 2 aromatic rings. The Hall–Kier alpha value is -1.38. The molecule has 2 heteroatoms. The molecule has 104 valence electrons. The van der Waals surface area contributed by atoms with E-state index < -0.39 is 0 Å². The van der Waals surface area contributed by atoms with E-state index >= 15 is 0 Å². The van der Waals surface area contributed by atoms with Gasteiger partial charge >= 0.3 is 0 Å². The van der Waals surface area contributed by atoms with Crippen molar-refractivity contribution in [1.82, 2.24) is 4.90 Å². The van der Waals surface area contributed by atoms with Gasteiger partial charge in [-0.3, -0.25) is 0 Å². The number of thiophene rings is 1. The summed E-state index contributed by atoms with van der Waals surface area (Å²) in [5.74, 6) is 0. The van der Waals surface area contributed by atoms with Gasteiger partial charge in [0, 0.05) is 11.4 Å². The van der Waals surface area contributed by atoms with E-state index in [1.807, 2.05) is 11.3 Å². The maximum absolute atomic E-state index is 2.43. The second kappa shape index (κ2) is 5.94. The molecule has 0 radical (unpaired) electrons. The lowest BCUT2D eigenvalue weighted by atomic mass is 9.95. The van der Waals surface area contributed by atoms with E-state index in [1.54, 1.807) is 0 Å². The molecule has 1 aliphatic rings. The third-order valence-corrected chi connectivity index (χ3v) is 4.87. The number of aryl methyl sites for hydroxylation is 2. The Labute approximate surface area is 125 Å². The average Bonchev–Trinajstić information content (AvgIpc) is 2.84. The van der Waals surface area contributed by atoms with E-state index in [4.69, 9.17) is 0 Å². The summed E-state index contributed by atoms with van der Waals surface area (Å²) in [6, 6.07) is 11.2. The monoisotopic (exact) mass is 283 g/mol. The van der Waals surface area contributed by atoms with Gasteiger partial charge in [-0.1, -0.05) is 30.3 Å². The number of hydrogen-bond acceptors (Lipinski definition) is 2. The molecule has 0 unspecified atom stereocenters. The van der Waals surface area contributed by atoms with Crippen LogP contribution in [0, 0.1) is 0 Å². The van der Waals surface area contributed by atoms with Gasteiger partial charge in [0.25, 0.3) is 0 Å². The third-order valence-electron chi connectivity index (χ3n) is 3.89. The number of hydrogen-bond donors (Lipinski definition) is 0. The van der Waals surface area contributed by atoms with Crippen LogP contribution >= 0.6 is 11.3 Å². The van der Waals surface area contributed by atoms with Crippen LogP contribution in [0.1, 0.15) is 28.0 Å². The lowest BCUT2D eigenvalue weighted by molar-refractivity contribution is 0.417. The number of nitrogens with zero attached hydrogens (tertiary/aromatic N) is 1. The van der Waals surface area contributed by atoms with Crippen LogP contribution in [0.2, 0.25) is 0 Å². The summed E-state index contributed by atoms with van der Waals surface area (Å²) in [5, 5.41) is 2.23. The van der Waals surface area contributed by atoms with Crippen molar-refractivity contribution in [1.29, 1.82) is 0 Å². The fourth-order valence-electron chi connectivity index (χ4n) is 2.86. The standard InChI is InChI=1S/C18H21NS/c1-19(2)12-5-8-16-15-7-4-3-6-14(15)9-10-18-17(16)11-13-20-18/h3-4,6-8,11,13H,5,9-10,12H2,1-2H3/b16-8-. The van der Waals surface area contributed by atoms with Gasteiger partial charge in [0.2, 0.25) is 0 Å². The van der Waals surface area contributed by atoms with Gasteiger partial charge in [0.1, 0.15) is 0 Å². The van der Waals surface area contributed by atoms with Gasteiger partial charge in [0.05, 0.1) is 0 Å². The zero-order valence-corrected chi connectivity index (χ0v) is 13.0. The third kappa shape index (κ3) is 2.72. The molecule has 0 saturated heterocycles. The fraction of sp³-hybridized carbons (Fsp3) is 0.333. The van der Waals surface area contributed by atoms with Crippen LogP contribution in [0.4, 0.5) is 0 Å². The summed E-state index contributed by atoms with van der Waals surface area (Å²) in [7, 11) is 4.27. The first-order chi connectivity index (χ1) is 9.75. The Kier molecular flexibility index (Phi) is 4.04. The van der Waals surface area contributed by atoms with Crippen LogP contribution in [0.3, 0.4) is 0 Å². The molecule has 0 bridgehead atoms. The molecular formula is C18H21NS. The SMILES string of the molecule is CN(C)CC/C=C1/c2ccccc2CCc2sccc21. The van der Waals surface area contributed by atoms with E-state index in [0.717, 1.165) is 19.4 Å². The Bertz CT molecular complexity index is 622. The first-order valence-electron chi connectivity index (χ1n) is 7.25. The average molecular weight is 283 g/mol. The normalized spacial score (nSPS) is 16.1. The van der Waals surface area contributed by atoms with Crippen molar-refractivity contribution in [3.63, 3.8) is 0 Å². The maximum Gasteiger partial charge on any atom is 0.0127 e. The molecule has 0 amide bonds. The van der Waals surface area contributed by atoms with Crippen LogP contribution in [0.15, 0.2) is 41.8 Å². The molecule has 1 heterocycles. The van der Waals surface area contributed by atoms with Gasteiger partial charge < -0.3 is 4.90 Å². The number of rotatable bonds is 3. The van der Waals surface area contributed by atoms with Crippen LogP contribution in [0.25, 0.3) is 5.57 Å². The van der Waals surface area contributed by atoms with Crippen LogP contribution in [0.5, 0.6) is 0 Å². The molecule has 0 N–H and O–H groups in total. The van der Waals surface area contributed by atoms with Gasteiger partial charge in [-0.15, -0.1) is 11.3 Å². The van der Waals surface area contributed by atoms with Crippen LogP contribution < -0.4 is 0 Å². The Morgan fingerprint density at radius 2 is 1.95 bits per heavy atom. The highest BCUT2D eigenvalue weighted by atomic mass is 32.1. The zero-order valence-electron chi connectivity index (χ0n) is 12.2. The summed E-state index contributed by atoms with van der Waals surface area (Å²) in [4.78, 5) is 3.78. The van der Waals surface area contributed by atoms with E-state index in [2.05, 4.69) is 60.8 Å². The zero-order chi connectivity index (χ0) is 13.9. The summed E-state index contributed by atoms with van der Waals surface area (Å²) < 4.78 is 0. The second-order valence-electron chi connectivity index (χ2n) is 5.62. The maximum atomic E-state index is 2.43. The molecule has 0 saturated carbocycles. The molecule has 0 fully saturated rings. The molecule has 1 aliphatic carbocycles. The molecule has 1 aromatic heterocycles. The topological polar surface area (TPSA) is 3.24 Å². The van der Waals surface area contributed by atoms with Crippen molar-refractivity contribution in [2.24, 2.45) is 0 Å². The molecule has 0 atom stereocenters. The highest BCUT2D eigenvalue weighted by molar-refractivity contribution is 7.10. The highest BCUT2D eigenvalue weighted by Gasteiger charge is 2.18. The van der Waals surface area contributed by atoms with Crippen molar-refractivity contribution >= 4 is 16.9 Å². The lowest BCUT2D eigenvalue weighted by Gasteiger charge is -2.11. The molecule has 1 nitrogen and oxygen atoms in total. The quantitative estimate of drug-likeness (QED) is 0.815. The van der Waals surface area contributed by atoms with E-state index in [1.165, 1.54) is 33.6 Å². The van der Waals surface area contributed by atoms with E-state index in [-0.39, 0.29) is 0 Å². The Balaban J connectivity index is 2.03. The number of fused-ring (bicyclic) bond motifs is 2. The first kappa shape index (κ1) is 13.6. The summed E-state index contributed by atoms with van der Waals surface area (Å²) in [5.41, 5.74) is 5.82. The van der Waals surface area contributed by atoms with Crippen molar-refractivity contribution in [3.05, 3.63) is 63.4 Å².